The van der Waals surface area contributed by atoms with Crippen LogP contribution >= 0.6 is 11.8 Å². The summed E-state index contributed by atoms with van der Waals surface area (Å²) in [5, 5.41) is 8.82. The zero-order valence-corrected chi connectivity index (χ0v) is 25.9. The first-order chi connectivity index (χ1) is 20.0. The van der Waals surface area contributed by atoms with Crippen LogP contribution in [0.15, 0.2) is 95.9 Å². The van der Waals surface area contributed by atoms with E-state index in [9.17, 15) is 14.4 Å². The van der Waals surface area contributed by atoms with Gasteiger partial charge in [0.05, 0.1) is 0 Å². The van der Waals surface area contributed by atoms with Crippen molar-refractivity contribution in [2.24, 2.45) is 5.92 Å². The molecule has 0 bridgehead atoms. The van der Waals surface area contributed by atoms with Crippen LogP contribution in [0.5, 0.6) is 0 Å². The van der Waals surface area contributed by atoms with Crippen molar-refractivity contribution in [2.45, 2.75) is 76.1 Å². The molecule has 0 heterocycles. The molecular formula is C34H43N3O4S. The van der Waals surface area contributed by atoms with Crippen LogP contribution in [-0.2, 0) is 27.2 Å². The molecule has 224 valence electrons. The molecule has 0 fully saturated rings. The molecule has 42 heavy (non-hydrogen) atoms. The van der Waals surface area contributed by atoms with E-state index in [0.717, 1.165) is 16.0 Å². The van der Waals surface area contributed by atoms with Crippen molar-refractivity contribution in [3.05, 3.63) is 102 Å². The third kappa shape index (κ3) is 11.6. The van der Waals surface area contributed by atoms with Crippen LogP contribution in [0.25, 0.3) is 0 Å². The lowest BCUT2D eigenvalue weighted by Gasteiger charge is -2.28. The topological polar surface area (TPSA) is 96.5 Å². The van der Waals surface area contributed by atoms with E-state index in [1.165, 1.54) is 0 Å². The summed E-state index contributed by atoms with van der Waals surface area (Å²) in [5.74, 6) is -0.229. The largest absolute Gasteiger partial charge is 0.444 e. The number of nitrogens with one attached hydrogen (secondary N) is 3. The molecule has 0 radical (unpaired) electrons. The van der Waals surface area contributed by atoms with Crippen LogP contribution in [0.3, 0.4) is 0 Å². The number of alkyl carbamates (subject to hydrolysis) is 1. The van der Waals surface area contributed by atoms with E-state index in [0.29, 0.717) is 12.2 Å². The van der Waals surface area contributed by atoms with Gasteiger partial charge in [0.1, 0.15) is 17.7 Å². The van der Waals surface area contributed by atoms with Crippen molar-refractivity contribution in [1.29, 1.82) is 0 Å². The van der Waals surface area contributed by atoms with Gasteiger partial charge in [-0.15, -0.1) is 11.8 Å². The predicted octanol–water partition coefficient (Wildman–Crippen LogP) is 5.78. The number of rotatable bonds is 13. The molecule has 0 spiro atoms. The Kier molecular flexibility index (Phi) is 12.5. The molecule has 3 aromatic rings. The second-order valence-electron chi connectivity index (χ2n) is 11.6. The Morgan fingerprint density at radius 3 is 1.76 bits per heavy atom. The van der Waals surface area contributed by atoms with Gasteiger partial charge < -0.3 is 20.7 Å². The molecule has 0 saturated carbocycles. The van der Waals surface area contributed by atoms with Crippen LogP contribution < -0.4 is 16.0 Å². The quantitative estimate of drug-likeness (QED) is 0.220. The average molecular weight is 590 g/mol. The Morgan fingerprint density at radius 2 is 1.24 bits per heavy atom. The van der Waals surface area contributed by atoms with Crippen molar-refractivity contribution in [3.63, 3.8) is 0 Å². The van der Waals surface area contributed by atoms with Gasteiger partial charge in [0.2, 0.25) is 11.8 Å². The fourth-order valence-electron chi connectivity index (χ4n) is 4.35. The summed E-state index contributed by atoms with van der Waals surface area (Å²) in [6.45, 7) is 9.08. The molecule has 8 heteroatoms. The van der Waals surface area contributed by atoms with Crippen molar-refractivity contribution >= 4 is 29.7 Å². The molecule has 0 aliphatic rings. The van der Waals surface area contributed by atoms with Crippen LogP contribution in [0.4, 0.5) is 4.79 Å². The highest BCUT2D eigenvalue weighted by molar-refractivity contribution is 7.99. The Labute approximate surface area is 254 Å². The zero-order chi connectivity index (χ0) is 30.5. The van der Waals surface area contributed by atoms with Gasteiger partial charge in [-0.1, -0.05) is 92.7 Å². The first kappa shape index (κ1) is 32.7. The maximum atomic E-state index is 13.7. The SMILES string of the molecule is CC(C)[C@H](NC(=O)[C@H](Cc1ccccc1)NC(=O)OC(C)(C)C)C(=O)N[C@H](CSc1ccccc1)Cc1ccccc1. The predicted molar refractivity (Wildman–Crippen MR) is 169 cm³/mol. The molecule has 0 aromatic heterocycles. The highest BCUT2D eigenvalue weighted by Gasteiger charge is 2.31. The maximum absolute atomic E-state index is 13.7. The lowest BCUT2D eigenvalue weighted by atomic mass is 10.00. The number of ether oxygens (including phenoxy) is 1. The van der Waals surface area contributed by atoms with Gasteiger partial charge in [-0.2, -0.15) is 0 Å². The van der Waals surface area contributed by atoms with Gasteiger partial charge >= 0.3 is 6.09 Å². The van der Waals surface area contributed by atoms with Gasteiger partial charge in [-0.05, 0) is 56.4 Å². The molecule has 3 atom stereocenters. The van der Waals surface area contributed by atoms with E-state index in [1.54, 1.807) is 32.5 Å². The summed E-state index contributed by atoms with van der Waals surface area (Å²) in [4.78, 5) is 41.0. The molecular weight excluding hydrogens is 546 g/mol. The summed E-state index contributed by atoms with van der Waals surface area (Å²) in [5.41, 5.74) is 1.27. The lowest BCUT2D eigenvalue weighted by Crippen LogP contribution is -2.57. The Balaban J connectivity index is 1.74. The minimum atomic E-state index is -0.926. The van der Waals surface area contributed by atoms with Crippen LogP contribution in [0, 0.1) is 5.92 Å². The van der Waals surface area contributed by atoms with Crippen molar-refractivity contribution < 1.29 is 19.1 Å². The standard InChI is InChI=1S/C34H43N3O4S/c1-24(2)30(37-31(38)29(22-26-17-11-7-12-18-26)36-33(40)41-34(3,4)5)32(39)35-27(21-25-15-9-6-10-16-25)23-42-28-19-13-8-14-20-28/h6-20,24,27,29-30H,21-23H2,1-5H3,(H,35,39)(H,36,40)(H,37,38)/t27-,29-,30-/m0/s1. The molecule has 3 amide bonds. The minimum Gasteiger partial charge on any atom is -0.444 e. The fourth-order valence-corrected chi connectivity index (χ4v) is 5.30. The van der Waals surface area contributed by atoms with Gasteiger partial charge in [-0.25, -0.2) is 4.79 Å². The fraction of sp³-hybridized carbons (Fsp3) is 0.382. The number of thioether (sulfide) groups is 1. The Bertz CT molecular complexity index is 1260. The monoisotopic (exact) mass is 589 g/mol. The number of amides is 3. The van der Waals surface area contributed by atoms with E-state index in [2.05, 4.69) is 16.0 Å². The lowest BCUT2D eigenvalue weighted by molar-refractivity contribution is -0.131. The van der Waals surface area contributed by atoms with Crippen molar-refractivity contribution in [3.8, 4) is 0 Å². The zero-order valence-electron chi connectivity index (χ0n) is 25.1. The van der Waals surface area contributed by atoms with Gasteiger partial charge in [-0.3, -0.25) is 9.59 Å². The summed E-state index contributed by atoms with van der Waals surface area (Å²) in [6, 6.07) is 27.6. The van der Waals surface area contributed by atoms with E-state index in [1.807, 2.05) is 105 Å². The number of carbonyl (C=O) groups excluding carboxylic acids is 3. The molecule has 0 aliphatic carbocycles. The second-order valence-corrected chi connectivity index (χ2v) is 12.7. The molecule has 3 aromatic carbocycles. The van der Waals surface area contributed by atoms with E-state index in [4.69, 9.17) is 4.74 Å². The Hall–Kier alpha value is -3.78. The summed E-state index contributed by atoms with van der Waals surface area (Å²) in [7, 11) is 0. The maximum Gasteiger partial charge on any atom is 0.408 e. The molecule has 0 saturated heterocycles. The minimum absolute atomic E-state index is 0.164. The molecule has 0 unspecified atom stereocenters. The van der Waals surface area contributed by atoms with Gasteiger partial charge in [0, 0.05) is 23.1 Å². The average Bonchev–Trinajstić information content (AvgIpc) is 2.94. The first-order valence-electron chi connectivity index (χ1n) is 14.4. The normalized spacial score (nSPS) is 13.5. The molecule has 7 nitrogen and oxygen atoms in total. The van der Waals surface area contributed by atoms with Crippen LogP contribution in [0.2, 0.25) is 0 Å². The van der Waals surface area contributed by atoms with Crippen LogP contribution in [-0.4, -0.2) is 47.4 Å². The highest BCUT2D eigenvalue weighted by atomic mass is 32.2. The smallest absolute Gasteiger partial charge is 0.408 e. The van der Waals surface area contributed by atoms with Crippen molar-refractivity contribution in [1.82, 2.24) is 16.0 Å². The van der Waals surface area contributed by atoms with E-state index >= 15 is 0 Å². The van der Waals surface area contributed by atoms with E-state index < -0.39 is 29.7 Å². The number of hydrogen-bond donors (Lipinski definition) is 3. The summed E-state index contributed by atoms with van der Waals surface area (Å²) < 4.78 is 5.42. The van der Waals surface area contributed by atoms with Crippen LogP contribution in [0.1, 0.15) is 45.7 Å². The third-order valence-electron chi connectivity index (χ3n) is 6.40. The summed E-state index contributed by atoms with van der Waals surface area (Å²) >= 11 is 1.68. The number of carbonyl (C=O) groups is 3. The number of hydrogen-bond acceptors (Lipinski definition) is 5. The third-order valence-corrected chi connectivity index (χ3v) is 7.58. The highest BCUT2D eigenvalue weighted by Crippen LogP contribution is 2.20. The first-order valence-corrected chi connectivity index (χ1v) is 15.3. The van der Waals surface area contributed by atoms with E-state index in [-0.39, 0.29) is 24.3 Å². The number of benzene rings is 3. The second kappa shape index (κ2) is 16.0. The van der Waals surface area contributed by atoms with Gasteiger partial charge in [0.25, 0.3) is 0 Å². The molecule has 3 rings (SSSR count). The van der Waals surface area contributed by atoms with Gasteiger partial charge in [0.15, 0.2) is 0 Å². The molecule has 0 aliphatic heterocycles. The molecule has 3 N–H and O–H groups in total. The van der Waals surface area contributed by atoms with Crippen molar-refractivity contribution in [2.75, 3.05) is 5.75 Å². The Morgan fingerprint density at radius 1 is 0.714 bits per heavy atom. The summed E-state index contributed by atoms with van der Waals surface area (Å²) in [6.07, 6.45) is 0.218.